The molecule has 0 aliphatic heterocycles. The summed E-state index contributed by atoms with van der Waals surface area (Å²) in [6, 6.07) is 29.6. The molecule has 0 aliphatic rings. The molecular weight excluding hydrogens is 292 g/mol. The lowest BCUT2D eigenvalue weighted by atomic mass is 9.88. The van der Waals surface area contributed by atoms with Gasteiger partial charge in [0.25, 0.3) is 0 Å². The molecule has 3 rings (SSSR count). The van der Waals surface area contributed by atoms with E-state index in [4.69, 9.17) is 0 Å². The Balaban J connectivity index is 2.22. The molecule has 0 amide bonds. The van der Waals surface area contributed by atoms with E-state index in [-0.39, 0.29) is 5.78 Å². The summed E-state index contributed by atoms with van der Waals surface area (Å²) in [4.78, 5) is 13.3. The van der Waals surface area contributed by atoms with E-state index in [2.05, 4.69) is 19.1 Å². The van der Waals surface area contributed by atoms with E-state index in [0.717, 1.165) is 34.3 Å². The van der Waals surface area contributed by atoms with Crippen molar-refractivity contribution in [1.82, 2.24) is 0 Å². The number of allylic oxidation sites excluding steroid dienone is 2. The van der Waals surface area contributed by atoms with Gasteiger partial charge in [-0.05, 0) is 23.1 Å². The Bertz CT molecular complexity index is 831. The number of hydrogen-bond donors (Lipinski definition) is 0. The van der Waals surface area contributed by atoms with Crippen LogP contribution in [0.2, 0.25) is 0 Å². The number of rotatable bonds is 5. The summed E-state index contributed by atoms with van der Waals surface area (Å²) >= 11 is 0. The number of Topliss-reactive ketones (excluding diaryl/α,β-unsaturated/α-hetero) is 1. The normalized spacial score (nSPS) is 11.7. The van der Waals surface area contributed by atoms with E-state index in [1.54, 1.807) is 0 Å². The van der Waals surface area contributed by atoms with Crippen molar-refractivity contribution in [3.63, 3.8) is 0 Å². The number of benzene rings is 3. The molecule has 1 nitrogen and oxygen atoms in total. The minimum Gasteiger partial charge on any atom is -0.289 e. The standard InChI is InChI=1S/C23H20O/c1-2-21(18-12-6-3-7-13-18)22(19-14-8-4-9-15-19)23(24)20-16-10-5-11-17-20/h3-17H,2H2,1H3. The Kier molecular flexibility index (Phi) is 5.02. The Morgan fingerprint density at radius 2 is 1.04 bits per heavy atom. The zero-order valence-corrected chi connectivity index (χ0v) is 13.8. The third-order valence-corrected chi connectivity index (χ3v) is 4.10. The quantitative estimate of drug-likeness (QED) is 0.326. The van der Waals surface area contributed by atoms with Crippen LogP contribution in [0.1, 0.15) is 34.8 Å². The molecule has 0 spiro atoms. The van der Waals surface area contributed by atoms with Gasteiger partial charge in [-0.1, -0.05) is 97.9 Å². The number of ketones is 1. The monoisotopic (exact) mass is 312 g/mol. The summed E-state index contributed by atoms with van der Waals surface area (Å²) in [6.07, 6.45) is 0.798. The van der Waals surface area contributed by atoms with Crippen molar-refractivity contribution in [2.24, 2.45) is 0 Å². The van der Waals surface area contributed by atoms with Crippen LogP contribution in [0, 0.1) is 0 Å². The molecular formula is C23H20O. The zero-order chi connectivity index (χ0) is 16.8. The lowest BCUT2D eigenvalue weighted by Gasteiger charge is -2.15. The molecule has 1 heteroatoms. The van der Waals surface area contributed by atoms with Crippen LogP contribution >= 0.6 is 0 Å². The van der Waals surface area contributed by atoms with Gasteiger partial charge in [-0.3, -0.25) is 4.79 Å². The number of carbonyl (C=O) groups is 1. The van der Waals surface area contributed by atoms with E-state index in [9.17, 15) is 4.79 Å². The Hall–Kier alpha value is -2.93. The van der Waals surface area contributed by atoms with Gasteiger partial charge in [-0.25, -0.2) is 0 Å². The second kappa shape index (κ2) is 7.56. The lowest BCUT2D eigenvalue weighted by molar-refractivity contribution is 0.105. The average Bonchev–Trinajstić information content (AvgIpc) is 2.67. The molecule has 0 saturated heterocycles. The fourth-order valence-corrected chi connectivity index (χ4v) is 2.95. The Morgan fingerprint density at radius 3 is 1.50 bits per heavy atom. The summed E-state index contributed by atoms with van der Waals surface area (Å²) in [5.41, 5.74) is 4.65. The third kappa shape index (κ3) is 3.36. The van der Waals surface area contributed by atoms with E-state index in [0.29, 0.717) is 0 Å². The summed E-state index contributed by atoms with van der Waals surface area (Å²) in [7, 11) is 0. The van der Waals surface area contributed by atoms with Gasteiger partial charge in [0, 0.05) is 11.1 Å². The van der Waals surface area contributed by atoms with Crippen LogP contribution < -0.4 is 0 Å². The van der Waals surface area contributed by atoms with Gasteiger partial charge in [0.05, 0.1) is 0 Å². The topological polar surface area (TPSA) is 17.1 Å². The first-order valence-corrected chi connectivity index (χ1v) is 8.25. The Labute approximate surface area is 143 Å². The van der Waals surface area contributed by atoms with Crippen LogP contribution in [0.15, 0.2) is 91.0 Å². The SMILES string of the molecule is CCC(=C(C(=O)c1ccccc1)c1ccccc1)c1ccccc1. The zero-order valence-electron chi connectivity index (χ0n) is 13.8. The summed E-state index contributed by atoms with van der Waals surface area (Å²) < 4.78 is 0. The smallest absolute Gasteiger partial charge is 0.193 e. The van der Waals surface area contributed by atoms with E-state index in [1.165, 1.54) is 0 Å². The van der Waals surface area contributed by atoms with Crippen LogP contribution in [0.25, 0.3) is 11.1 Å². The molecule has 0 bridgehead atoms. The Morgan fingerprint density at radius 1 is 0.625 bits per heavy atom. The van der Waals surface area contributed by atoms with Crippen LogP contribution in [0.3, 0.4) is 0 Å². The fourth-order valence-electron chi connectivity index (χ4n) is 2.95. The van der Waals surface area contributed by atoms with Gasteiger partial charge in [-0.15, -0.1) is 0 Å². The maximum absolute atomic E-state index is 13.3. The molecule has 0 atom stereocenters. The number of carbonyl (C=O) groups excluding carboxylic acids is 1. The molecule has 0 saturated carbocycles. The predicted molar refractivity (Wildman–Crippen MR) is 101 cm³/mol. The van der Waals surface area contributed by atoms with Crippen molar-refractivity contribution < 1.29 is 4.79 Å². The molecule has 3 aromatic rings. The van der Waals surface area contributed by atoms with Crippen LogP contribution in [0.4, 0.5) is 0 Å². The first-order valence-electron chi connectivity index (χ1n) is 8.25. The first kappa shape index (κ1) is 15.9. The second-order valence-electron chi connectivity index (χ2n) is 5.63. The predicted octanol–water partition coefficient (Wildman–Crippen LogP) is 5.89. The van der Waals surface area contributed by atoms with Crippen molar-refractivity contribution in [3.05, 3.63) is 108 Å². The highest BCUT2D eigenvalue weighted by molar-refractivity contribution is 6.34. The molecule has 0 aliphatic carbocycles. The van der Waals surface area contributed by atoms with Gasteiger partial charge in [0.15, 0.2) is 5.78 Å². The van der Waals surface area contributed by atoms with Crippen LogP contribution in [-0.4, -0.2) is 5.78 Å². The highest BCUT2D eigenvalue weighted by Gasteiger charge is 2.19. The molecule has 24 heavy (non-hydrogen) atoms. The molecule has 0 aromatic heterocycles. The maximum atomic E-state index is 13.3. The minimum atomic E-state index is 0.0718. The first-order chi connectivity index (χ1) is 11.8. The number of hydrogen-bond acceptors (Lipinski definition) is 1. The fraction of sp³-hybridized carbons (Fsp3) is 0.0870. The highest BCUT2D eigenvalue weighted by atomic mass is 16.1. The van der Waals surface area contributed by atoms with Crippen molar-refractivity contribution in [2.45, 2.75) is 13.3 Å². The summed E-state index contributed by atoms with van der Waals surface area (Å²) in [5.74, 6) is 0.0718. The molecule has 0 N–H and O–H groups in total. The van der Waals surface area contributed by atoms with E-state index in [1.807, 2.05) is 78.9 Å². The van der Waals surface area contributed by atoms with Crippen molar-refractivity contribution in [2.75, 3.05) is 0 Å². The second-order valence-corrected chi connectivity index (χ2v) is 5.63. The molecule has 3 aromatic carbocycles. The van der Waals surface area contributed by atoms with E-state index < -0.39 is 0 Å². The van der Waals surface area contributed by atoms with Gasteiger partial charge < -0.3 is 0 Å². The van der Waals surface area contributed by atoms with Gasteiger partial charge in [0.1, 0.15) is 0 Å². The third-order valence-electron chi connectivity index (χ3n) is 4.10. The van der Waals surface area contributed by atoms with Crippen LogP contribution in [-0.2, 0) is 0 Å². The van der Waals surface area contributed by atoms with Crippen molar-refractivity contribution in [1.29, 1.82) is 0 Å². The lowest BCUT2D eigenvalue weighted by Crippen LogP contribution is -2.06. The van der Waals surface area contributed by atoms with Gasteiger partial charge in [-0.2, -0.15) is 0 Å². The van der Waals surface area contributed by atoms with Crippen molar-refractivity contribution >= 4 is 16.9 Å². The van der Waals surface area contributed by atoms with Gasteiger partial charge >= 0.3 is 0 Å². The van der Waals surface area contributed by atoms with Crippen molar-refractivity contribution in [3.8, 4) is 0 Å². The summed E-state index contributed by atoms with van der Waals surface area (Å²) in [6.45, 7) is 2.10. The maximum Gasteiger partial charge on any atom is 0.193 e. The largest absolute Gasteiger partial charge is 0.289 e. The summed E-state index contributed by atoms with van der Waals surface area (Å²) in [5, 5.41) is 0. The molecule has 0 fully saturated rings. The van der Waals surface area contributed by atoms with E-state index >= 15 is 0 Å². The molecule has 0 unspecified atom stereocenters. The molecule has 0 heterocycles. The molecule has 0 radical (unpaired) electrons. The highest BCUT2D eigenvalue weighted by Crippen LogP contribution is 2.31. The van der Waals surface area contributed by atoms with Gasteiger partial charge in [0.2, 0.25) is 0 Å². The minimum absolute atomic E-state index is 0.0718. The molecule has 118 valence electrons. The van der Waals surface area contributed by atoms with Crippen LogP contribution in [0.5, 0.6) is 0 Å². The average molecular weight is 312 g/mol.